The first-order chi connectivity index (χ1) is 12.2. The molecule has 0 aliphatic carbocycles. The van der Waals surface area contributed by atoms with E-state index in [1.54, 1.807) is 39.7 Å². The van der Waals surface area contributed by atoms with Gasteiger partial charge in [0.15, 0.2) is 17.3 Å². The molecule has 0 fully saturated rings. The fourth-order valence-electron chi connectivity index (χ4n) is 2.35. The lowest BCUT2D eigenvalue weighted by Gasteiger charge is -2.14. The van der Waals surface area contributed by atoms with Crippen molar-refractivity contribution in [2.75, 3.05) is 32.5 Å². The van der Waals surface area contributed by atoms with Gasteiger partial charge in [0, 0.05) is 24.0 Å². The predicted molar refractivity (Wildman–Crippen MR) is 92.8 cm³/mol. The quantitative estimate of drug-likeness (QED) is 0.653. The SMILES string of the molecule is COc1cc(Nc2ncnc(-c3cccn3N)n2)cc(OC)c1OC. The number of ether oxygens (including phenoxy) is 3. The zero-order chi connectivity index (χ0) is 17.8. The van der Waals surface area contributed by atoms with Crippen LogP contribution in [0.5, 0.6) is 17.2 Å². The average molecular weight is 342 g/mol. The lowest BCUT2D eigenvalue weighted by Crippen LogP contribution is -2.10. The minimum Gasteiger partial charge on any atom is -0.493 e. The summed E-state index contributed by atoms with van der Waals surface area (Å²) < 4.78 is 17.4. The Morgan fingerprint density at radius 3 is 2.32 bits per heavy atom. The van der Waals surface area contributed by atoms with Crippen molar-refractivity contribution in [2.24, 2.45) is 0 Å². The molecule has 0 saturated heterocycles. The molecule has 9 heteroatoms. The third-order valence-corrected chi connectivity index (χ3v) is 3.50. The Balaban J connectivity index is 1.94. The van der Waals surface area contributed by atoms with E-state index in [4.69, 9.17) is 20.1 Å². The van der Waals surface area contributed by atoms with E-state index < -0.39 is 0 Å². The molecule has 25 heavy (non-hydrogen) atoms. The number of benzene rings is 1. The second kappa shape index (κ2) is 6.95. The number of nitrogens with one attached hydrogen (secondary N) is 1. The van der Waals surface area contributed by atoms with Crippen molar-refractivity contribution in [1.82, 2.24) is 19.6 Å². The summed E-state index contributed by atoms with van der Waals surface area (Å²) in [5.74, 6) is 8.20. The molecule has 9 nitrogen and oxygen atoms in total. The average Bonchev–Trinajstić information content (AvgIpc) is 3.07. The Labute approximate surface area is 144 Å². The van der Waals surface area contributed by atoms with Crippen molar-refractivity contribution in [3.63, 3.8) is 0 Å². The van der Waals surface area contributed by atoms with E-state index in [1.165, 1.54) is 11.0 Å². The van der Waals surface area contributed by atoms with Crippen LogP contribution in [0, 0.1) is 0 Å². The molecule has 0 atom stereocenters. The highest BCUT2D eigenvalue weighted by Gasteiger charge is 2.14. The summed E-state index contributed by atoms with van der Waals surface area (Å²) in [4.78, 5) is 12.7. The molecule has 0 amide bonds. The second-order valence-corrected chi connectivity index (χ2v) is 4.97. The number of methoxy groups -OCH3 is 3. The third kappa shape index (κ3) is 3.25. The van der Waals surface area contributed by atoms with Crippen LogP contribution in [0.3, 0.4) is 0 Å². The van der Waals surface area contributed by atoms with Gasteiger partial charge in [-0.25, -0.2) is 9.97 Å². The summed E-state index contributed by atoms with van der Waals surface area (Å²) in [7, 11) is 4.66. The number of nitrogen functional groups attached to an aromatic ring is 1. The molecule has 3 rings (SSSR count). The molecule has 0 unspecified atom stereocenters. The number of anilines is 2. The highest BCUT2D eigenvalue weighted by Crippen LogP contribution is 2.40. The highest BCUT2D eigenvalue weighted by atomic mass is 16.5. The zero-order valence-electron chi connectivity index (χ0n) is 14.1. The fraction of sp³-hybridized carbons (Fsp3) is 0.188. The third-order valence-electron chi connectivity index (χ3n) is 3.50. The minimum atomic E-state index is 0.362. The van der Waals surface area contributed by atoms with Gasteiger partial charge in [-0.1, -0.05) is 0 Å². The first kappa shape index (κ1) is 16.4. The van der Waals surface area contributed by atoms with E-state index in [0.29, 0.717) is 40.4 Å². The molecule has 0 bridgehead atoms. The van der Waals surface area contributed by atoms with Gasteiger partial charge in [-0.15, -0.1) is 0 Å². The van der Waals surface area contributed by atoms with E-state index in [0.717, 1.165) is 0 Å². The summed E-state index contributed by atoms with van der Waals surface area (Å²) in [5, 5.41) is 3.10. The number of rotatable bonds is 6. The smallest absolute Gasteiger partial charge is 0.230 e. The maximum Gasteiger partial charge on any atom is 0.230 e. The molecule has 3 aromatic rings. The van der Waals surface area contributed by atoms with Gasteiger partial charge in [0.1, 0.15) is 12.0 Å². The van der Waals surface area contributed by atoms with Crippen LogP contribution in [0.1, 0.15) is 0 Å². The monoisotopic (exact) mass is 342 g/mol. The molecule has 0 radical (unpaired) electrons. The molecule has 0 spiro atoms. The van der Waals surface area contributed by atoms with Gasteiger partial charge in [0.2, 0.25) is 11.7 Å². The molecule has 1 aromatic carbocycles. The molecule has 0 saturated carbocycles. The lowest BCUT2D eigenvalue weighted by atomic mass is 10.2. The summed E-state index contributed by atoms with van der Waals surface area (Å²) >= 11 is 0. The number of aromatic nitrogens is 4. The molecular weight excluding hydrogens is 324 g/mol. The van der Waals surface area contributed by atoms with Crippen molar-refractivity contribution < 1.29 is 14.2 Å². The maximum atomic E-state index is 5.83. The Kier molecular flexibility index (Phi) is 4.55. The van der Waals surface area contributed by atoms with Gasteiger partial charge in [0.25, 0.3) is 0 Å². The van der Waals surface area contributed by atoms with Crippen LogP contribution in [-0.4, -0.2) is 41.0 Å². The topological polar surface area (TPSA) is 109 Å². The van der Waals surface area contributed by atoms with E-state index in [-0.39, 0.29) is 0 Å². The molecule has 130 valence electrons. The number of nitrogens with zero attached hydrogens (tertiary/aromatic N) is 4. The Morgan fingerprint density at radius 2 is 1.76 bits per heavy atom. The van der Waals surface area contributed by atoms with Crippen molar-refractivity contribution in [3.8, 4) is 28.8 Å². The van der Waals surface area contributed by atoms with Crippen LogP contribution in [0.2, 0.25) is 0 Å². The summed E-state index contributed by atoms with van der Waals surface area (Å²) in [6, 6.07) is 7.15. The fourth-order valence-corrected chi connectivity index (χ4v) is 2.35. The maximum absolute atomic E-state index is 5.83. The second-order valence-electron chi connectivity index (χ2n) is 4.97. The van der Waals surface area contributed by atoms with Crippen LogP contribution in [0.25, 0.3) is 11.5 Å². The summed E-state index contributed by atoms with van der Waals surface area (Å²) in [5.41, 5.74) is 1.35. The largest absolute Gasteiger partial charge is 0.493 e. The predicted octanol–water partition coefficient (Wildman–Crippen LogP) is 1.82. The van der Waals surface area contributed by atoms with Gasteiger partial charge < -0.3 is 25.4 Å². The van der Waals surface area contributed by atoms with Gasteiger partial charge in [-0.3, -0.25) is 4.68 Å². The lowest BCUT2D eigenvalue weighted by molar-refractivity contribution is 0.324. The minimum absolute atomic E-state index is 0.362. The molecule has 2 aromatic heterocycles. The number of hydrogen-bond donors (Lipinski definition) is 2. The van der Waals surface area contributed by atoms with E-state index >= 15 is 0 Å². The first-order valence-electron chi connectivity index (χ1n) is 7.35. The van der Waals surface area contributed by atoms with Gasteiger partial charge in [-0.2, -0.15) is 4.98 Å². The zero-order valence-corrected chi connectivity index (χ0v) is 14.1. The normalized spacial score (nSPS) is 10.4. The van der Waals surface area contributed by atoms with Crippen molar-refractivity contribution in [3.05, 3.63) is 36.8 Å². The number of hydrogen-bond acceptors (Lipinski definition) is 8. The first-order valence-corrected chi connectivity index (χ1v) is 7.35. The molecule has 2 heterocycles. The van der Waals surface area contributed by atoms with Crippen LogP contribution in [0.4, 0.5) is 11.6 Å². The van der Waals surface area contributed by atoms with E-state index in [2.05, 4.69) is 20.3 Å². The highest BCUT2D eigenvalue weighted by molar-refractivity contribution is 5.66. The Morgan fingerprint density at radius 1 is 1.04 bits per heavy atom. The van der Waals surface area contributed by atoms with E-state index in [9.17, 15) is 0 Å². The van der Waals surface area contributed by atoms with Gasteiger partial charge in [0.05, 0.1) is 21.3 Å². The number of nitrogens with two attached hydrogens (primary N) is 1. The van der Waals surface area contributed by atoms with Gasteiger partial charge >= 0.3 is 0 Å². The summed E-state index contributed by atoms with van der Waals surface area (Å²) in [6.45, 7) is 0. The Hall–Kier alpha value is -3.49. The molecule has 3 N–H and O–H groups in total. The van der Waals surface area contributed by atoms with Crippen LogP contribution >= 0.6 is 0 Å². The molecule has 0 aliphatic heterocycles. The van der Waals surface area contributed by atoms with Crippen LogP contribution < -0.4 is 25.4 Å². The standard InChI is InChI=1S/C16H18N6O3/c1-23-12-7-10(8-13(24-2)14(12)25-3)20-16-19-9-18-15(21-16)11-5-4-6-22(11)17/h4-9H,17H2,1-3H3,(H,18,19,20,21). The van der Waals surface area contributed by atoms with Crippen LogP contribution in [-0.2, 0) is 0 Å². The summed E-state index contributed by atoms with van der Waals surface area (Å²) in [6.07, 6.45) is 3.13. The van der Waals surface area contributed by atoms with Crippen molar-refractivity contribution in [2.45, 2.75) is 0 Å². The molecular formula is C16H18N6O3. The van der Waals surface area contributed by atoms with E-state index in [1.807, 2.05) is 12.1 Å². The van der Waals surface area contributed by atoms with Crippen molar-refractivity contribution >= 4 is 11.6 Å². The van der Waals surface area contributed by atoms with Gasteiger partial charge in [-0.05, 0) is 12.1 Å². The van der Waals surface area contributed by atoms with Crippen LogP contribution in [0.15, 0.2) is 36.8 Å². The molecule has 0 aliphatic rings. The Bertz CT molecular complexity index is 855. The van der Waals surface area contributed by atoms with Crippen molar-refractivity contribution in [1.29, 1.82) is 0 Å².